The van der Waals surface area contributed by atoms with Crippen LogP contribution >= 0.6 is 0 Å². The number of carboxylic acids is 1. The first-order valence-corrected chi connectivity index (χ1v) is 9.43. The van der Waals surface area contributed by atoms with E-state index in [0.29, 0.717) is 13.1 Å². The number of rotatable bonds is 3. The molecule has 0 radical (unpaired) electrons. The van der Waals surface area contributed by atoms with Gasteiger partial charge in [-0.2, -0.15) is 0 Å². The van der Waals surface area contributed by atoms with Gasteiger partial charge in [0, 0.05) is 31.4 Å². The van der Waals surface area contributed by atoms with Crippen LogP contribution < -0.4 is 15.6 Å². The number of pyridine rings is 1. The third kappa shape index (κ3) is 2.55. The van der Waals surface area contributed by atoms with Gasteiger partial charge in [-0.3, -0.25) is 4.79 Å². The highest BCUT2D eigenvalue weighted by molar-refractivity contribution is 5.94. The number of anilines is 1. The van der Waals surface area contributed by atoms with Gasteiger partial charge >= 0.3 is 5.97 Å². The van der Waals surface area contributed by atoms with Crippen LogP contribution in [0, 0.1) is 11.6 Å². The maximum atomic E-state index is 15.6. The number of benzene rings is 1. The topological polar surface area (TPSA) is 74.6 Å². The molecule has 0 amide bonds. The summed E-state index contributed by atoms with van der Waals surface area (Å²) >= 11 is 0. The summed E-state index contributed by atoms with van der Waals surface area (Å²) in [6, 6.07) is 0.994. The average Bonchev–Trinajstić information content (AvgIpc) is 3.41. The van der Waals surface area contributed by atoms with Crippen molar-refractivity contribution in [1.82, 2.24) is 9.88 Å². The van der Waals surface area contributed by atoms with E-state index in [9.17, 15) is 19.1 Å². The quantitative estimate of drug-likeness (QED) is 0.792. The van der Waals surface area contributed by atoms with Gasteiger partial charge in [-0.05, 0) is 37.4 Å². The molecular formula is C20H19F2N3O3. The minimum absolute atomic E-state index is 0.00860. The van der Waals surface area contributed by atoms with Crippen molar-refractivity contribution in [3.8, 4) is 0 Å². The Morgan fingerprint density at radius 2 is 2.07 bits per heavy atom. The van der Waals surface area contributed by atoms with E-state index in [0.717, 1.165) is 37.4 Å². The van der Waals surface area contributed by atoms with Crippen LogP contribution in [0.2, 0.25) is 0 Å². The van der Waals surface area contributed by atoms with E-state index in [1.807, 2.05) is 0 Å². The lowest BCUT2D eigenvalue weighted by Gasteiger charge is -2.22. The molecule has 6 nitrogen and oxygen atoms in total. The second-order valence-electron chi connectivity index (χ2n) is 7.69. The standard InChI is InChI=1S/C20H19F2N3O3/c21-14-6-12-17(25(11-3-4-11)8-13(19(12)26)20(27)28)16(22)18(14)24-7-10-2-1-5-23-15(10)9-24/h2,6,8,11,15,23H,1,3-5,7,9H2,(H,27,28). The number of carbonyl (C=O) groups is 1. The van der Waals surface area contributed by atoms with Gasteiger partial charge in [-0.15, -0.1) is 0 Å². The summed E-state index contributed by atoms with van der Waals surface area (Å²) in [5.41, 5.74) is -0.367. The van der Waals surface area contributed by atoms with Crippen molar-refractivity contribution >= 4 is 22.6 Å². The molecule has 0 bridgehead atoms. The molecular weight excluding hydrogens is 368 g/mol. The molecule has 1 atom stereocenters. The Morgan fingerprint density at radius 3 is 2.75 bits per heavy atom. The second kappa shape index (κ2) is 6.13. The lowest BCUT2D eigenvalue weighted by Crippen LogP contribution is -2.36. The molecule has 1 aromatic carbocycles. The monoisotopic (exact) mass is 387 g/mol. The first-order valence-electron chi connectivity index (χ1n) is 9.43. The molecule has 2 N–H and O–H groups in total. The molecule has 28 heavy (non-hydrogen) atoms. The molecule has 3 heterocycles. The van der Waals surface area contributed by atoms with Crippen molar-refractivity contribution in [1.29, 1.82) is 0 Å². The molecule has 3 aliphatic rings. The fraction of sp³-hybridized carbons (Fsp3) is 0.400. The van der Waals surface area contributed by atoms with Gasteiger partial charge in [0.25, 0.3) is 0 Å². The molecule has 5 rings (SSSR count). The number of halogens is 2. The summed E-state index contributed by atoms with van der Waals surface area (Å²) in [5.74, 6) is -3.03. The second-order valence-corrected chi connectivity index (χ2v) is 7.69. The maximum absolute atomic E-state index is 15.6. The molecule has 2 aliphatic heterocycles. The summed E-state index contributed by atoms with van der Waals surface area (Å²) in [7, 11) is 0. The minimum atomic E-state index is -1.40. The number of nitrogens with zero attached hydrogens (tertiary/aromatic N) is 2. The lowest BCUT2D eigenvalue weighted by atomic mass is 10.1. The van der Waals surface area contributed by atoms with Crippen molar-refractivity contribution in [3.05, 3.63) is 51.3 Å². The van der Waals surface area contributed by atoms with Crippen LogP contribution in [0.25, 0.3) is 10.9 Å². The molecule has 146 valence electrons. The van der Waals surface area contributed by atoms with E-state index in [4.69, 9.17) is 0 Å². The van der Waals surface area contributed by atoms with Crippen LogP contribution in [0.1, 0.15) is 35.7 Å². The van der Waals surface area contributed by atoms with Crippen molar-refractivity contribution < 1.29 is 18.7 Å². The van der Waals surface area contributed by atoms with Crippen LogP contribution in [-0.2, 0) is 0 Å². The highest BCUT2D eigenvalue weighted by atomic mass is 19.1. The third-order valence-electron chi connectivity index (χ3n) is 5.84. The molecule has 0 spiro atoms. The largest absolute Gasteiger partial charge is 0.477 e. The summed E-state index contributed by atoms with van der Waals surface area (Å²) < 4.78 is 32.0. The summed E-state index contributed by atoms with van der Waals surface area (Å²) in [6.07, 6.45) is 5.74. The summed E-state index contributed by atoms with van der Waals surface area (Å²) in [6.45, 7) is 1.72. The highest BCUT2D eigenvalue weighted by Gasteiger charge is 2.34. The predicted octanol–water partition coefficient (Wildman–Crippen LogP) is 2.42. The number of nitrogens with one attached hydrogen (secondary N) is 1. The Labute approximate surface area is 159 Å². The molecule has 1 aliphatic carbocycles. The molecule has 1 unspecified atom stereocenters. The number of hydrogen-bond donors (Lipinski definition) is 2. The summed E-state index contributed by atoms with van der Waals surface area (Å²) in [5, 5.41) is 12.4. The van der Waals surface area contributed by atoms with E-state index in [-0.39, 0.29) is 28.7 Å². The fourth-order valence-corrected chi connectivity index (χ4v) is 4.34. The van der Waals surface area contributed by atoms with Crippen LogP contribution in [0.15, 0.2) is 28.7 Å². The van der Waals surface area contributed by atoms with Crippen LogP contribution in [0.3, 0.4) is 0 Å². The van der Waals surface area contributed by atoms with Crippen LogP contribution in [-0.4, -0.2) is 41.3 Å². The third-order valence-corrected chi connectivity index (χ3v) is 5.84. The van der Waals surface area contributed by atoms with E-state index in [2.05, 4.69) is 11.4 Å². The molecule has 1 saturated carbocycles. The van der Waals surface area contributed by atoms with Crippen LogP contribution in [0.4, 0.5) is 14.5 Å². The molecule has 2 aromatic rings. The zero-order chi connectivity index (χ0) is 19.6. The van der Waals surface area contributed by atoms with Crippen molar-refractivity contribution in [2.45, 2.75) is 31.3 Å². The molecule has 8 heteroatoms. The lowest BCUT2D eigenvalue weighted by molar-refractivity contribution is 0.0695. The first-order chi connectivity index (χ1) is 13.5. The Balaban J connectivity index is 1.72. The van der Waals surface area contributed by atoms with Gasteiger partial charge < -0.3 is 19.9 Å². The van der Waals surface area contributed by atoms with E-state index >= 15 is 4.39 Å². The Kier molecular flexibility index (Phi) is 3.80. The minimum Gasteiger partial charge on any atom is -0.477 e. The van der Waals surface area contributed by atoms with Gasteiger partial charge in [0.05, 0.1) is 10.9 Å². The first kappa shape index (κ1) is 17.4. The smallest absolute Gasteiger partial charge is 0.341 e. The number of fused-ring (bicyclic) bond motifs is 2. The molecule has 2 fully saturated rings. The molecule has 1 saturated heterocycles. The SMILES string of the molecule is O=C(O)c1cn(C2CC2)c2c(F)c(N3CC4=CCCNC4C3)c(F)cc2c1=O. The maximum Gasteiger partial charge on any atom is 0.341 e. The average molecular weight is 387 g/mol. The van der Waals surface area contributed by atoms with E-state index < -0.39 is 28.6 Å². The van der Waals surface area contributed by atoms with Gasteiger partial charge in [-0.1, -0.05) is 6.08 Å². The van der Waals surface area contributed by atoms with Gasteiger partial charge in [0.2, 0.25) is 5.43 Å². The van der Waals surface area contributed by atoms with Crippen LogP contribution in [0.5, 0.6) is 0 Å². The zero-order valence-electron chi connectivity index (χ0n) is 15.0. The van der Waals surface area contributed by atoms with E-state index in [1.54, 1.807) is 4.90 Å². The predicted molar refractivity (Wildman–Crippen MR) is 100 cm³/mol. The molecule has 1 aromatic heterocycles. The Morgan fingerprint density at radius 1 is 1.29 bits per heavy atom. The Hall–Kier alpha value is -2.74. The fourth-order valence-electron chi connectivity index (χ4n) is 4.34. The van der Waals surface area contributed by atoms with E-state index in [1.165, 1.54) is 10.8 Å². The highest BCUT2D eigenvalue weighted by Crippen LogP contribution is 2.40. The van der Waals surface area contributed by atoms with Gasteiger partial charge in [-0.25, -0.2) is 13.6 Å². The summed E-state index contributed by atoms with van der Waals surface area (Å²) in [4.78, 5) is 25.6. The van der Waals surface area contributed by atoms with Crippen molar-refractivity contribution in [2.75, 3.05) is 24.5 Å². The number of carboxylic acid groups (broad SMARTS) is 1. The number of hydrogen-bond acceptors (Lipinski definition) is 4. The zero-order valence-corrected chi connectivity index (χ0v) is 15.0. The van der Waals surface area contributed by atoms with Crippen molar-refractivity contribution in [2.24, 2.45) is 0 Å². The van der Waals surface area contributed by atoms with Crippen molar-refractivity contribution in [3.63, 3.8) is 0 Å². The van der Waals surface area contributed by atoms with Gasteiger partial charge in [0.1, 0.15) is 17.1 Å². The van der Waals surface area contributed by atoms with Gasteiger partial charge in [0.15, 0.2) is 5.82 Å². The normalized spacial score (nSPS) is 21.7. The Bertz CT molecular complexity index is 1100. The number of aromatic nitrogens is 1. The number of aromatic carboxylic acids is 1.